The third kappa shape index (κ3) is 4.64. The van der Waals surface area contributed by atoms with Gasteiger partial charge in [-0.15, -0.1) is 11.3 Å². The largest absolute Gasteiger partial charge is 0.361 e. The maximum absolute atomic E-state index is 12.9. The number of para-hydroxylation sites is 1. The zero-order chi connectivity index (χ0) is 20.9. The van der Waals surface area contributed by atoms with E-state index in [1.165, 1.54) is 24.3 Å². The van der Waals surface area contributed by atoms with Gasteiger partial charge in [0, 0.05) is 34.7 Å². The van der Waals surface area contributed by atoms with Gasteiger partial charge < -0.3 is 15.6 Å². The zero-order valence-corrected chi connectivity index (χ0v) is 16.6. The standard InChI is InChI=1S/C21H18FN5O2S/c22-14-5-7-15(8-6-14)25-20(29)27-21-26-18(12-30-21)19(28)23-10-9-13-11-24-17-4-2-1-3-16(13)17/h1-8,11-12,24H,9-10H2,(H,23,28)(H2,25,26,27,29). The molecule has 0 radical (unpaired) electrons. The van der Waals surface area contributed by atoms with Gasteiger partial charge in [0.25, 0.3) is 5.91 Å². The number of nitrogens with zero attached hydrogens (tertiary/aromatic N) is 1. The van der Waals surface area contributed by atoms with E-state index in [9.17, 15) is 14.0 Å². The van der Waals surface area contributed by atoms with Crippen molar-refractivity contribution >= 4 is 45.0 Å². The number of benzene rings is 2. The Labute approximate surface area is 175 Å². The molecule has 0 saturated heterocycles. The van der Waals surface area contributed by atoms with Crippen molar-refractivity contribution in [3.8, 4) is 0 Å². The molecule has 152 valence electrons. The molecule has 9 heteroatoms. The van der Waals surface area contributed by atoms with Gasteiger partial charge in [0.05, 0.1) is 0 Å². The van der Waals surface area contributed by atoms with Crippen LogP contribution in [0.3, 0.4) is 0 Å². The Morgan fingerprint density at radius 2 is 1.87 bits per heavy atom. The summed E-state index contributed by atoms with van der Waals surface area (Å²) in [6, 6.07) is 12.9. The fourth-order valence-electron chi connectivity index (χ4n) is 2.97. The summed E-state index contributed by atoms with van der Waals surface area (Å²) in [5, 5.41) is 11.0. The van der Waals surface area contributed by atoms with E-state index in [1.807, 2.05) is 30.5 Å². The van der Waals surface area contributed by atoms with Crippen LogP contribution in [0.4, 0.5) is 20.0 Å². The number of aromatic nitrogens is 2. The molecule has 2 aromatic carbocycles. The summed E-state index contributed by atoms with van der Waals surface area (Å²) in [5.74, 6) is -0.695. The molecule has 0 atom stereocenters. The molecule has 0 aliphatic carbocycles. The second-order valence-electron chi connectivity index (χ2n) is 6.49. The van der Waals surface area contributed by atoms with Crippen LogP contribution in [0.5, 0.6) is 0 Å². The lowest BCUT2D eigenvalue weighted by Gasteiger charge is -2.05. The number of carbonyl (C=O) groups excluding carboxylic acids is 2. The molecule has 2 aromatic heterocycles. The molecule has 0 saturated carbocycles. The number of thiazole rings is 1. The van der Waals surface area contributed by atoms with Gasteiger partial charge in [-0.3, -0.25) is 10.1 Å². The first-order chi connectivity index (χ1) is 14.6. The van der Waals surface area contributed by atoms with Crippen LogP contribution in [0.15, 0.2) is 60.1 Å². The fraction of sp³-hybridized carbons (Fsp3) is 0.0952. The SMILES string of the molecule is O=C(Nc1ccc(F)cc1)Nc1nc(C(=O)NCCc2c[nH]c3ccccc23)cs1. The van der Waals surface area contributed by atoms with Gasteiger partial charge in [-0.2, -0.15) is 0 Å². The van der Waals surface area contributed by atoms with Crippen molar-refractivity contribution < 1.29 is 14.0 Å². The molecule has 2 heterocycles. The van der Waals surface area contributed by atoms with E-state index in [0.717, 1.165) is 27.8 Å². The Morgan fingerprint density at radius 1 is 1.07 bits per heavy atom. The normalized spacial score (nSPS) is 10.7. The molecule has 7 nitrogen and oxygen atoms in total. The predicted octanol–water partition coefficient (Wildman–Crippen LogP) is 4.38. The zero-order valence-electron chi connectivity index (χ0n) is 15.7. The van der Waals surface area contributed by atoms with Crippen LogP contribution in [-0.2, 0) is 6.42 Å². The molecule has 0 aliphatic rings. The Bertz CT molecular complexity index is 1190. The van der Waals surface area contributed by atoms with E-state index in [1.54, 1.807) is 5.38 Å². The van der Waals surface area contributed by atoms with Crippen molar-refractivity contribution in [1.29, 1.82) is 0 Å². The third-order valence-corrected chi connectivity index (χ3v) is 5.17. The van der Waals surface area contributed by atoms with E-state index < -0.39 is 6.03 Å². The molecule has 30 heavy (non-hydrogen) atoms. The van der Waals surface area contributed by atoms with Gasteiger partial charge in [-0.05, 0) is 42.3 Å². The number of carbonyl (C=O) groups is 2. The number of H-pyrrole nitrogens is 1. The highest BCUT2D eigenvalue weighted by molar-refractivity contribution is 7.14. The average Bonchev–Trinajstić information content (AvgIpc) is 3.37. The van der Waals surface area contributed by atoms with Crippen LogP contribution in [0.25, 0.3) is 10.9 Å². The summed E-state index contributed by atoms with van der Waals surface area (Å²) in [7, 11) is 0. The number of rotatable bonds is 6. The van der Waals surface area contributed by atoms with Gasteiger partial charge in [0.15, 0.2) is 5.13 Å². The molecule has 4 N–H and O–H groups in total. The van der Waals surface area contributed by atoms with Crippen molar-refractivity contribution in [2.24, 2.45) is 0 Å². The highest BCUT2D eigenvalue weighted by Gasteiger charge is 2.13. The van der Waals surface area contributed by atoms with Crippen molar-refractivity contribution in [2.45, 2.75) is 6.42 Å². The van der Waals surface area contributed by atoms with Crippen molar-refractivity contribution in [3.63, 3.8) is 0 Å². The van der Waals surface area contributed by atoms with Gasteiger partial charge >= 0.3 is 6.03 Å². The number of nitrogens with one attached hydrogen (secondary N) is 4. The number of urea groups is 1. The second-order valence-corrected chi connectivity index (χ2v) is 7.35. The molecule has 0 fully saturated rings. The van der Waals surface area contributed by atoms with E-state index in [4.69, 9.17) is 0 Å². The third-order valence-electron chi connectivity index (χ3n) is 4.41. The molecular weight excluding hydrogens is 405 g/mol. The first-order valence-electron chi connectivity index (χ1n) is 9.21. The quantitative estimate of drug-likeness (QED) is 0.370. The van der Waals surface area contributed by atoms with Gasteiger partial charge in [-0.1, -0.05) is 18.2 Å². The van der Waals surface area contributed by atoms with Gasteiger partial charge in [0.1, 0.15) is 11.5 Å². The van der Waals surface area contributed by atoms with Crippen LogP contribution in [-0.4, -0.2) is 28.5 Å². The van der Waals surface area contributed by atoms with Crippen molar-refractivity contribution in [3.05, 3.63) is 77.2 Å². The maximum atomic E-state index is 12.9. The number of hydrogen-bond donors (Lipinski definition) is 4. The summed E-state index contributed by atoms with van der Waals surface area (Å²) in [6.45, 7) is 0.464. The monoisotopic (exact) mass is 423 g/mol. The molecule has 4 rings (SSSR count). The molecule has 0 unspecified atom stereocenters. The number of anilines is 2. The van der Waals surface area contributed by atoms with Crippen molar-refractivity contribution in [1.82, 2.24) is 15.3 Å². The lowest BCUT2D eigenvalue weighted by Crippen LogP contribution is -2.26. The van der Waals surface area contributed by atoms with E-state index >= 15 is 0 Å². The van der Waals surface area contributed by atoms with E-state index in [2.05, 4.69) is 25.9 Å². The number of aromatic amines is 1. The highest BCUT2D eigenvalue weighted by atomic mass is 32.1. The van der Waals surface area contributed by atoms with Crippen LogP contribution >= 0.6 is 11.3 Å². The fourth-order valence-corrected chi connectivity index (χ4v) is 3.65. The first kappa shape index (κ1) is 19.6. The number of halogens is 1. The highest BCUT2D eigenvalue weighted by Crippen LogP contribution is 2.18. The predicted molar refractivity (Wildman–Crippen MR) is 115 cm³/mol. The lowest BCUT2D eigenvalue weighted by molar-refractivity contribution is 0.0950. The smallest absolute Gasteiger partial charge is 0.325 e. The first-order valence-corrected chi connectivity index (χ1v) is 10.1. The Morgan fingerprint density at radius 3 is 2.70 bits per heavy atom. The number of fused-ring (bicyclic) bond motifs is 1. The minimum Gasteiger partial charge on any atom is -0.361 e. The number of hydrogen-bond acceptors (Lipinski definition) is 4. The number of amides is 3. The molecule has 0 spiro atoms. The Hall–Kier alpha value is -3.72. The molecule has 0 aliphatic heterocycles. The summed E-state index contributed by atoms with van der Waals surface area (Å²) in [6.07, 6.45) is 2.63. The Balaban J connectivity index is 1.28. The van der Waals surface area contributed by atoms with E-state index in [-0.39, 0.29) is 22.5 Å². The summed E-state index contributed by atoms with van der Waals surface area (Å²) < 4.78 is 12.9. The van der Waals surface area contributed by atoms with Crippen LogP contribution in [0, 0.1) is 5.82 Å². The average molecular weight is 423 g/mol. The van der Waals surface area contributed by atoms with Crippen molar-refractivity contribution in [2.75, 3.05) is 17.2 Å². The summed E-state index contributed by atoms with van der Waals surface area (Å²) >= 11 is 1.14. The maximum Gasteiger partial charge on any atom is 0.325 e. The van der Waals surface area contributed by atoms with Crippen LogP contribution < -0.4 is 16.0 Å². The minimum absolute atomic E-state index is 0.232. The molecule has 4 aromatic rings. The van der Waals surface area contributed by atoms with Gasteiger partial charge in [0.2, 0.25) is 0 Å². The minimum atomic E-state index is -0.526. The second kappa shape index (κ2) is 8.75. The lowest BCUT2D eigenvalue weighted by atomic mass is 10.1. The molecule has 0 bridgehead atoms. The summed E-state index contributed by atoms with van der Waals surface area (Å²) in [5.41, 5.74) is 2.87. The summed E-state index contributed by atoms with van der Waals surface area (Å²) in [4.78, 5) is 31.7. The van der Waals surface area contributed by atoms with Crippen LogP contribution in [0.2, 0.25) is 0 Å². The van der Waals surface area contributed by atoms with Gasteiger partial charge in [-0.25, -0.2) is 14.2 Å². The molecular formula is C21H18FN5O2S. The van der Waals surface area contributed by atoms with E-state index in [0.29, 0.717) is 18.7 Å². The van der Waals surface area contributed by atoms with Crippen LogP contribution in [0.1, 0.15) is 16.1 Å². The Kier molecular flexibility index (Phi) is 5.71. The topological polar surface area (TPSA) is 98.9 Å². The molecule has 3 amide bonds.